The number of rotatable bonds is 2. The third-order valence-electron chi connectivity index (χ3n) is 3.82. The Labute approximate surface area is 136 Å². The van der Waals surface area contributed by atoms with Crippen LogP contribution in [0.5, 0.6) is 0 Å². The fourth-order valence-electron chi connectivity index (χ4n) is 2.66. The monoisotopic (exact) mass is 320 g/mol. The van der Waals surface area contributed by atoms with Crippen molar-refractivity contribution >= 4 is 28.2 Å². The summed E-state index contributed by atoms with van der Waals surface area (Å²) in [4.78, 5) is 20.0. The quantitative estimate of drug-likeness (QED) is 0.576. The Morgan fingerprint density at radius 2 is 2.12 bits per heavy atom. The zero-order valence-electron chi connectivity index (χ0n) is 12.8. The SMILES string of the molecule is Cc1ccc2[nH]c3c(=O)n(N=Cc4cccc(F)c4)cnc3c2c1. The molecule has 0 aliphatic heterocycles. The highest BCUT2D eigenvalue weighted by Crippen LogP contribution is 2.22. The van der Waals surface area contributed by atoms with E-state index >= 15 is 0 Å². The van der Waals surface area contributed by atoms with Crippen LogP contribution in [0.4, 0.5) is 4.39 Å². The molecule has 0 amide bonds. The molecule has 118 valence electrons. The van der Waals surface area contributed by atoms with Gasteiger partial charge in [-0.2, -0.15) is 9.78 Å². The molecule has 0 bridgehead atoms. The second kappa shape index (κ2) is 5.42. The first-order valence-corrected chi connectivity index (χ1v) is 7.41. The Balaban J connectivity index is 1.84. The van der Waals surface area contributed by atoms with Crippen molar-refractivity contribution in [3.05, 3.63) is 76.1 Å². The normalized spacial score (nSPS) is 11.8. The second-order valence-electron chi connectivity index (χ2n) is 5.59. The summed E-state index contributed by atoms with van der Waals surface area (Å²) in [6.45, 7) is 1.99. The number of aryl methyl sites for hydroxylation is 1. The van der Waals surface area contributed by atoms with Gasteiger partial charge in [0.05, 0.1) is 6.21 Å². The zero-order chi connectivity index (χ0) is 16.7. The number of H-pyrrole nitrogens is 1. The van der Waals surface area contributed by atoms with Gasteiger partial charge >= 0.3 is 0 Å². The Hall–Kier alpha value is -3.28. The lowest BCUT2D eigenvalue weighted by molar-refractivity contribution is 0.627. The van der Waals surface area contributed by atoms with Crippen LogP contribution in [0.1, 0.15) is 11.1 Å². The highest BCUT2D eigenvalue weighted by molar-refractivity contribution is 6.04. The lowest BCUT2D eigenvalue weighted by Crippen LogP contribution is -2.17. The molecule has 0 unspecified atom stereocenters. The van der Waals surface area contributed by atoms with Crippen molar-refractivity contribution in [2.75, 3.05) is 0 Å². The molecule has 2 heterocycles. The van der Waals surface area contributed by atoms with Gasteiger partial charge in [-0.3, -0.25) is 4.79 Å². The van der Waals surface area contributed by atoms with Crippen LogP contribution in [0.25, 0.3) is 21.9 Å². The minimum atomic E-state index is -0.356. The highest BCUT2D eigenvalue weighted by atomic mass is 19.1. The molecule has 0 aliphatic rings. The molecular weight excluding hydrogens is 307 g/mol. The summed E-state index contributed by atoms with van der Waals surface area (Å²) in [5.74, 6) is -0.356. The number of hydrogen-bond acceptors (Lipinski definition) is 3. The van der Waals surface area contributed by atoms with Crippen LogP contribution >= 0.6 is 0 Å². The van der Waals surface area contributed by atoms with Crippen LogP contribution in [-0.2, 0) is 0 Å². The average molecular weight is 320 g/mol. The lowest BCUT2D eigenvalue weighted by Gasteiger charge is -1.98. The molecule has 2 aromatic heterocycles. The van der Waals surface area contributed by atoms with Gasteiger partial charge in [0.15, 0.2) is 0 Å². The van der Waals surface area contributed by atoms with E-state index in [0.29, 0.717) is 16.6 Å². The van der Waals surface area contributed by atoms with Crippen LogP contribution < -0.4 is 5.56 Å². The minimum Gasteiger partial charge on any atom is -0.349 e. The molecule has 6 heteroatoms. The first-order valence-electron chi connectivity index (χ1n) is 7.41. The maximum Gasteiger partial charge on any atom is 0.298 e. The molecular formula is C18H13FN4O. The number of nitrogens with zero attached hydrogens (tertiary/aromatic N) is 3. The summed E-state index contributed by atoms with van der Waals surface area (Å²) < 4.78 is 14.3. The number of halogens is 1. The van der Waals surface area contributed by atoms with Crippen LogP contribution in [0.15, 0.2) is 58.7 Å². The van der Waals surface area contributed by atoms with Gasteiger partial charge in [-0.05, 0) is 36.8 Å². The number of nitrogens with one attached hydrogen (secondary N) is 1. The van der Waals surface area contributed by atoms with Crippen molar-refractivity contribution in [2.45, 2.75) is 6.92 Å². The molecule has 0 aliphatic carbocycles. The van der Waals surface area contributed by atoms with Gasteiger partial charge in [-0.1, -0.05) is 23.8 Å². The molecule has 0 fully saturated rings. The average Bonchev–Trinajstić information content (AvgIpc) is 2.93. The zero-order valence-corrected chi connectivity index (χ0v) is 12.8. The number of hydrogen-bond donors (Lipinski definition) is 1. The van der Waals surface area contributed by atoms with Crippen molar-refractivity contribution in [1.29, 1.82) is 0 Å². The van der Waals surface area contributed by atoms with Crippen LogP contribution in [0.3, 0.4) is 0 Å². The van der Waals surface area contributed by atoms with E-state index in [-0.39, 0.29) is 11.4 Å². The van der Waals surface area contributed by atoms with Gasteiger partial charge in [0.1, 0.15) is 23.2 Å². The second-order valence-corrected chi connectivity index (χ2v) is 5.59. The minimum absolute atomic E-state index is 0.304. The first kappa shape index (κ1) is 14.3. The third-order valence-corrected chi connectivity index (χ3v) is 3.82. The molecule has 0 radical (unpaired) electrons. The number of aromatic nitrogens is 3. The van der Waals surface area contributed by atoms with Crippen LogP contribution in [0.2, 0.25) is 0 Å². The summed E-state index contributed by atoms with van der Waals surface area (Å²) in [5, 5.41) is 4.99. The van der Waals surface area contributed by atoms with Gasteiger partial charge < -0.3 is 4.98 Å². The summed E-state index contributed by atoms with van der Waals surface area (Å²) in [6, 6.07) is 11.9. The van der Waals surface area contributed by atoms with Crippen molar-refractivity contribution in [3.63, 3.8) is 0 Å². The van der Waals surface area contributed by atoms with Crippen molar-refractivity contribution < 1.29 is 4.39 Å². The van der Waals surface area contributed by atoms with E-state index in [2.05, 4.69) is 15.1 Å². The van der Waals surface area contributed by atoms with E-state index in [9.17, 15) is 9.18 Å². The first-order chi connectivity index (χ1) is 11.6. The smallest absolute Gasteiger partial charge is 0.298 e. The van der Waals surface area contributed by atoms with Crippen molar-refractivity contribution in [2.24, 2.45) is 5.10 Å². The third kappa shape index (κ3) is 2.38. The van der Waals surface area contributed by atoms with Gasteiger partial charge in [-0.25, -0.2) is 9.37 Å². The van der Waals surface area contributed by atoms with Crippen LogP contribution in [-0.4, -0.2) is 20.9 Å². The van der Waals surface area contributed by atoms with Crippen LogP contribution in [0, 0.1) is 12.7 Å². The van der Waals surface area contributed by atoms with Gasteiger partial charge in [0.2, 0.25) is 0 Å². The van der Waals surface area contributed by atoms with E-state index in [1.165, 1.54) is 24.7 Å². The Bertz CT molecular complexity index is 1160. The van der Waals surface area contributed by atoms with E-state index in [4.69, 9.17) is 0 Å². The van der Waals surface area contributed by atoms with E-state index in [0.717, 1.165) is 21.1 Å². The standard InChI is InChI=1S/C18H13FN4O/c1-11-5-6-15-14(7-11)16-17(22-15)18(24)23(10-20-16)21-9-12-3-2-4-13(19)8-12/h2-10,22H,1H3. The predicted octanol–water partition coefficient (Wildman–Crippen LogP) is 3.21. The lowest BCUT2D eigenvalue weighted by atomic mass is 10.2. The molecule has 24 heavy (non-hydrogen) atoms. The Morgan fingerprint density at radius 1 is 1.25 bits per heavy atom. The molecule has 0 saturated heterocycles. The maximum absolute atomic E-state index is 13.2. The van der Waals surface area contributed by atoms with Crippen molar-refractivity contribution in [1.82, 2.24) is 14.6 Å². The molecule has 0 saturated carbocycles. The number of aromatic amines is 1. The number of benzene rings is 2. The summed E-state index contributed by atoms with van der Waals surface area (Å²) in [7, 11) is 0. The predicted molar refractivity (Wildman–Crippen MR) is 92.0 cm³/mol. The van der Waals surface area contributed by atoms with Gasteiger partial charge in [-0.15, -0.1) is 0 Å². The molecule has 0 atom stereocenters. The molecule has 1 N–H and O–H groups in total. The van der Waals surface area contributed by atoms with E-state index in [1.54, 1.807) is 12.1 Å². The van der Waals surface area contributed by atoms with Gasteiger partial charge in [0.25, 0.3) is 5.56 Å². The summed E-state index contributed by atoms with van der Waals surface area (Å²) in [5.41, 5.74) is 3.23. The molecule has 2 aromatic carbocycles. The van der Waals surface area contributed by atoms with Gasteiger partial charge in [0, 0.05) is 10.9 Å². The summed E-state index contributed by atoms with van der Waals surface area (Å²) in [6.07, 6.45) is 2.79. The maximum atomic E-state index is 13.2. The highest BCUT2D eigenvalue weighted by Gasteiger charge is 2.10. The fourth-order valence-corrected chi connectivity index (χ4v) is 2.66. The molecule has 4 aromatic rings. The Morgan fingerprint density at radius 3 is 2.96 bits per heavy atom. The topological polar surface area (TPSA) is 63.0 Å². The van der Waals surface area contributed by atoms with Crippen molar-refractivity contribution in [3.8, 4) is 0 Å². The molecule has 5 nitrogen and oxygen atoms in total. The molecule has 4 rings (SSSR count). The van der Waals surface area contributed by atoms with E-state index in [1.807, 2.05) is 25.1 Å². The number of fused-ring (bicyclic) bond motifs is 3. The fraction of sp³-hybridized carbons (Fsp3) is 0.0556. The molecule has 0 spiro atoms. The summed E-state index contributed by atoms with van der Waals surface area (Å²) >= 11 is 0. The Kier molecular flexibility index (Phi) is 3.23. The largest absolute Gasteiger partial charge is 0.349 e. The van der Waals surface area contributed by atoms with E-state index < -0.39 is 0 Å².